The number of rotatable bonds is 9. The normalized spacial score (nSPS) is 14.5. The molecule has 1 aliphatic rings. The topological polar surface area (TPSA) is 136 Å². The number of benzene rings is 2. The van der Waals surface area contributed by atoms with E-state index < -0.39 is 35.4 Å². The summed E-state index contributed by atoms with van der Waals surface area (Å²) in [6.07, 6.45) is -0.0515. The van der Waals surface area contributed by atoms with Crippen LogP contribution in [0.4, 0.5) is 5.69 Å². The molecule has 11 heteroatoms. The zero-order valence-electron chi connectivity index (χ0n) is 23.1. The highest BCUT2D eigenvalue weighted by atomic mass is 32.2. The molecule has 41 heavy (non-hydrogen) atoms. The highest BCUT2D eigenvalue weighted by Crippen LogP contribution is 2.36. The zero-order valence-corrected chi connectivity index (χ0v) is 24.0. The standard InChI is InChI=1S/C30H27N3O7S/c1-16-17(2)22(14-31)28(32-18(16)3)41-26-13-27(35)33(29(26)36)21-9-6-19(7-10-21)30(37)40-15-23(34)20-8-11-24(38-4)25(12-20)39-5/h6-12,26H,13,15H2,1-5H3. The van der Waals surface area contributed by atoms with Crippen LogP contribution < -0.4 is 14.4 Å². The van der Waals surface area contributed by atoms with Crippen molar-refractivity contribution in [2.75, 3.05) is 25.7 Å². The first-order valence-electron chi connectivity index (χ1n) is 12.5. The Kier molecular flexibility index (Phi) is 8.74. The van der Waals surface area contributed by atoms with Crippen LogP contribution in [0.15, 0.2) is 47.5 Å². The molecule has 1 fully saturated rings. The number of hydrogen-bond donors (Lipinski definition) is 0. The minimum absolute atomic E-state index is 0.0515. The molecule has 1 aliphatic heterocycles. The Morgan fingerprint density at radius 1 is 1.00 bits per heavy atom. The molecule has 0 saturated carbocycles. The fourth-order valence-electron chi connectivity index (χ4n) is 4.28. The van der Waals surface area contributed by atoms with Gasteiger partial charge in [-0.15, -0.1) is 0 Å². The molecule has 0 spiro atoms. The second-order valence-corrected chi connectivity index (χ2v) is 10.4. The SMILES string of the molecule is COc1ccc(C(=O)COC(=O)c2ccc(N3C(=O)CC(Sc4nc(C)c(C)c(C)c4C#N)C3=O)cc2)cc1OC. The van der Waals surface area contributed by atoms with Crippen molar-refractivity contribution >= 4 is 41.0 Å². The number of esters is 1. The molecule has 10 nitrogen and oxygen atoms in total. The maximum atomic E-state index is 13.2. The predicted octanol–water partition coefficient (Wildman–Crippen LogP) is 4.36. The lowest BCUT2D eigenvalue weighted by Gasteiger charge is -2.16. The van der Waals surface area contributed by atoms with E-state index in [0.29, 0.717) is 27.8 Å². The van der Waals surface area contributed by atoms with Crippen LogP contribution in [0.25, 0.3) is 0 Å². The van der Waals surface area contributed by atoms with Crippen LogP contribution in [0, 0.1) is 32.1 Å². The number of carbonyl (C=O) groups excluding carboxylic acids is 4. The summed E-state index contributed by atoms with van der Waals surface area (Å²) in [5.74, 6) is -1.17. The Morgan fingerprint density at radius 2 is 1.66 bits per heavy atom. The Labute approximate surface area is 241 Å². The molecule has 0 N–H and O–H groups in total. The van der Waals surface area contributed by atoms with Gasteiger partial charge in [-0.1, -0.05) is 11.8 Å². The number of methoxy groups -OCH3 is 2. The third-order valence-electron chi connectivity index (χ3n) is 6.84. The van der Waals surface area contributed by atoms with E-state index in [1.807, 2.05) is 20.8 Å². The van der Waals surface area contributed by atoms with Crippen molar-refractivity contribution in [3.05, 3.63) is 76.0 Å². The number of thioether (sulfide) groups is 1. The molecule has 2 aromatic carbocycles. The van der Waals surface area contributed by atoms with Gasteiger partial charge in [0.25, 0.3) is 0 Å². The van der Waals surface area contributed by atoms with E-state index in [4.69, 9.17) is 14.2 Å². The predicted molar refractivity (Wildman–Crippen MR) is 151 cm³/mol. The number of nitrogens with zero attached hydrogens (tertiary/aromatic N) is 3. The molecule has 1 unspecified atom stereocenters. The van der Waals surface area contributed by atoms with Crippen LogP contribution in [0.5, 0.6) is 11.5 Å². The monoisotopic (exact) mass is 573 g/mol. The van der Waals surface area contributed by atoms with Crippen LogP contribution in [-0.4, -0.2) is 54.6 Å². The number of anilines is 1. The number of amides is 2. The lowest BCUT2D eigenvalue weighted by atomic mass is 10.1. The van der Waals surface area contributed by atoms with Crippen LogP contribution in [0.1, 0.15) is 49.5 Å². The maximum Gasteiger partial charge on any atom is 0.338 e. The van der Waals surface area contributed by atoms with Crippen LogP contribution in [0.3, 0.4) is 0 Å². The third-order valence-corrected chi connectivity index (χ3v) is 8.01. The maximum absolute atomic E-state index is 13.2. The molecule has 0 radical (unpaired) electrons. The van der Waals surface area contributed by atoms with E-state index in [0.717, 1.165) is 33.5 Å². The molecule has 3 aromatic rings. The molecule has 0 bridgehead atoms. The summed E-state index contributed by atoms with van der Waals surface area (Å²) in [7, 11) is 2.93. The number of ketones is 1. The lowest BCUT2D eigenvalue weighted by molar-refractivity contribution is -0.121. The highest BCUT2D eigenvalue weighted by molar-refractivity contribution is 8.00. The van der Waals surface area contributed by atoms with Gasteiger partial charge in [-0.2, -0.15) is 5.26 Å². The van der Waals surface area contributed by atoms with Crippen molar-refractivity contribution in [3.63, 3.8) is 0 Å². The summed E-state index contributed by atoms with van der Waals surface area (Å²) in [6.45, 7) is 5.06. The number of nitriles is 1. The number of aromatic nitrogens is 1. The first kappa shape index (κ1) is 29.3. The van der Waals surface area contributed by atoms with E-state index in [9.17, 15) is 24.4 Å². The summed E-state index contributed by atoms with van der Waals surface area (Å²) in [5, 5.41) is 9.32. The van der Waals surface area contributed by atoms with Gasteiger partial charge >= 0.3 is 5.97 Å². The summed E-state index contributed by atoms with van der Waals surface area (Å²) in [5.41, 5.74) is 3.58. The van der Waals surface area contributed by atoms with Crippen molar-refractivity contribution in [1.82, 2.24) is 4.98 Å². The molecule has 1 saturated heterocycles. The van der Waals surface area contributed by atoms with Crippen molar-refractivity contribution in [3.8, 4) is 17.6 Å². The summed E-state index contributed by atoms with van der Waals surface area (Å²) < 4.78 is 15.5. The van der Waals surface area contributed by atoms with Gasteiger partial charge in [0.2, 0.25) is 11.8 Å². The summed E-state index contributed by atoms with van der Waals surface area (Å²) >= 11 is 1.10. The number of Topliss-reactive ketones (excluding diaryl/α,β-unsaturated/α-hetero) is 1. The van der Waals surface area contributed by atoms with Gasteiger partial charge in [0.15, 0.2) is 23.9 Å². The van der Waals surface area contributed by atoms with E-state index in [2.05, 4.69) is 11.1 Å². The van der Waals surface area contributed by atoms with Crippen LogP contribution in [0.2, 0.25) is 0 Å². The number of pyridine rings is 1. The van der Waals surface area contributed by atoms with Gasteiger partial charge < -0.3 is 14.2 Å². The Hall–Kier alpha value is -4.69. The van der Waals surface area contributed by atoms with Gasteiger partial charge in [-0.3, -0.25) is 14.4 Å². The van der Waals surface area contributed by atoms with Crippen molar-refractivity contribution in [2.45, 2.75) is 37.5 Å². The minimum Gasteiger partial charge on any atom is -0.493 e. The Balaban J connectivity index is 1.42. The van der Waals surface area contributed by atoms with E-state index in [-0.39, 0.29) is 17.5 Å². The second kappa shape index (κ2) is 12.2. The molecule has 2 heterocycles. The van der Waals surface area contributed by atoms with Gasteiger partial charge in [-0.05, 0) is 74.4 Å². The van der Waals surface area contributed by atoms with Crippen molar-refractivity contribution in [1.29, 1.82) is 5.26 Å². The third kappa shape index (κ3) is 5.93. The molecule has 2 amide bonds. The smallest absolute Gasteiger partial charge is 0.338 e. The molecule has 210 valence electrons. The molecular weight excluding hydrogens is 546 g/mol. The van der Waals surface area contributed by atoms with Crippen LogP contribution >= 0.6 is 11.8 Å². The lowest BCUT2D eigenvalue weighted by Crippen LogP contribution is -2.31. The van der Waals surface area contributed by atoms with E-state index in [1.165, 1.54) is 44.6 Å². The van der Waals surface area contributed by atoms with Gasteiger partial charge in [0, 0.05) is 17.7 Å². The largest absolute Gasteiger partial charge is 0.493 e. The first-order valence-corrected chi connectivity index (χ1v) is 13.4. The molecule has 4 rings (SSSR count). The second-order valence-electron chi connectivity index (χ2n) is 9.23. The number of hydrogen-bond acceptors (Lipinski definition) is 10. The fourth-order valence-corrected chi connectivity index (χ4v) is 5.49. The summed E-state index contributed by atoms with van der Waals surface area (Å²) in [6, 6.07) is 12.6. The minimum atomic E-state index is -0.740. The zero-order chi connectivity index (χ0) is 29.8. The molecule has 0 aliphatic carbocycles. The number of carbonyl (C=O) groups is 4. The fraction of sp³-hybridized carbons (Fsp3) is 0.267. The van der Waals surface area contributed by atoms with Gasteiger partial charge in [-0.25, -0.2) is 14.7 Å². The molecular formula is C30H27N3O7S. The average Bonchev–Trinajstić information content (AvgIpc) is 3.26. The van der Waals surface area contributed by atoms with Crippen molar-refractivity contribution in [2.24, 2.45) is 0 Å². The van der Waals surface area contributed by atoms with Crippen LogP contribution in [-0.2, 0) is 14.3 Å². The van der Waals surface area contributed by atoms with Gasteiger partial charge in [0.05, 0.1) is 36.3 Å². The van der Waals surface area contributed by atoms with E-state index in [1.54, 1.807) is 12.1 Å². The molecule has 1 atom stereocenters. The summed E-state index contributed by atoms with van der Waals surface area (Å²) in [4.78, 5) is 56.6. The Morgan fingerprint density at radius 3 is 2.29 bits per heavy atom. The van der Waals surface area contributed by atoms with Crippen molar-refractivity contribution < 1.29 is 33.4 Å². The number of aryl methyl sites for hydroxylation is 1. The highest BCUT2D eigenvalue weighted by Gasteiger charge is 2.41. The quantitative estimate of drug-likeness (QED) is 0.206. The number of ether oxygens (including phenoxy) is 3. The van der Waals surface area contributed by atoms with E-state index >= 15 is 0 Å². The number of imide groups is 1. The van der Waals surface area contributed by atoms with Gasteiger partial charge in [0.1, 0.15) is 11.1 Å². The average molecular weight is 574 g/mol. The Bertz CT molecular complexity index is 1600. The molecule has 1 aromatic heterocycles. The first-order chi connectivity index (χ1) is 19.6.